The van der Waals surface area contributed by atoms with Gasteiger partial charge in [-0.3, -0.25) is 14.1 Å². The zero-order valence-corrected chi connectivity index (χ0v) is 18.3. The van der Waals surface area contributed by atoms with Gasteiger partial charge in [0.25, 0.3) is 0 Å². The summed E-state index contributed by atoms with van der Waals surface area (Å²) in [5, 5.41) is 14.6. The molecule has 4 rings (SSSR count). The number of hydrogen-bond donors (Lipinski definition) is 1. The number of rotatable bonds is 8. The standard InChI is InChI=1S/C22H24ClN7O/c1-3-5-8-18-20(23)29(4-2)22(31)30(18)14-15-9-11-16(12-10-15)17-7-6-13-24-19(17)21-25-27-28-26-21/h6-7,9-13H,3-5,8,14H2,1-2H3,(H,25,26,27,28). The Morgan fingerprint density at radius 3 is 2.58 bits per heavy atom. The SMILES string of the molecule is CCCCc1c(Cl)n(CC)c(=O)n1Cc1ccc(-c2cccnc2-c2nnn[nH]2)cc1. The molecule has 3 heterocycles. The maximum Gasteiger partial charge on any atom is 0.329 e. The highest BCUT2D eigenvalue weighted by Gasteiger charge is 2.17. The number of benzene rings is 1. The number of aromatic nitrogens is 7. The average molecular weight is 438 g/mol. The summed E-state index contributed by atoms with van der Waals surface area (Å²) in [6, 6.07) is 12.0. The maximum atomic E-state index is 12.9. The van der Waals surface area contributed by atoms with Gasteiger partial charge < -0.3 is 0 Å². The predicted octanol–water partition coefficient (Wildman–Crippen LogP) is 3.96. The minimum absolute atomic E-state index is 0.0601. The Morgan fingerprint density at radius 1 is 1.10 bits per heavy atom. The highest BCUT2D eigenvalue weighted by atomic mass is 35.5. The Kier molecular flexibility index (Phi) is 6.27. The van der Waals surface area contributed by atoms with Gasteiger partial charge >= 0.3 is 5.69 Å². The molecule has 160 valence electrons. The zero-order chi connectivity index (χ0) is 21.8. The lowest BCUT2D eigenvalue weighted by molar-refractivity contribution is 0.647. The van der Waals surface area contributed by atoms with Gasteiger partial charge in [0.05, 0.1) is 12.2 Å². The number of imidazole rings is 1. The van der Waals surface area contributed by atoms with Crippen molar-refractivity contribution in [3.05, 3.63) is 69.5 Å². The lowest BCUT2D eigenvalue weighted by Crippen LogP contribution is -2.25. The van der Waals surface area contributed by atoms with Crippen LogP contribution in [0.4, 0.5) is 0 Å². The number of halogens is 1. The molecule has 0 spiro atoms. The monoisotopic (exact) mass is 437 g/mol. The Morgan fingerprint density at radius 2 is 1.90 bits per heavy atom. The number of tetrazole rings is 1. The average Bonchev–Trinajstić information content (AvgIpc) is 3.41. The molecule has 8 nitrogen and oxygen atoms in total. The summed E-state index contributed by atoms with van der Waals surface area (Å²) in [5.41, 5.74) is 4.48. The van der Waals surface area contributed by atoms with E-state index < -0.39 is 0 Å². The van der Waals surface area contributed by atoms with Crippen LogP contribution >= 0.6 is 11.6 Å². The van der Waals surface area contributed by atoms with Gasteiger partial charge in [-0.2, -0.15) is 0 Å². The Balaban J connectivity index is 1.65. The largest absolute Gasteiger partial charge is 0.329 e. The van der Waals surface area contributed by atoms with Crippen LogP contribution < -0.4 is 5.69 Å². The van der Waals surface area contributed by atoms with E-state index in [0.29, 0.717) is 29.8 Å². The predicted molar refractivity (Wildman–Crippen MR) is 120 cm³/mol. The molecular formula is C22H24ClN7O. The first-order valence-corrected chi connectivity index (χ1v) is 10.8. The van der Waals surface area contributed by atoms with Crippen LogP contribution in [0.2, 0.25) is 5.15 Å². The summed E-state index contributed by atoms with van der Waals surface area (Å²) in [6.45, 7) is 5.11. The van der Waals surface area contributed by atoms with Crippen LogP contribution in [-0.2, 0) is 19.5 Å². The van der Waals surface area contributed by atoms with Gasteiger partial charge in [0.15, 0.2) is 5.82 Å². The smallest absolute Gasteiger partial charge is 0.290 e. The quantitative estimate of drug-likeness (QED) is 0.450. The van der Waals surface area contributed by atoms with Crippen molar-refractivity contribution in [1.82, 2.24) is 34.7 Å². The van der Waals surface area contributed by atoms with Crippen LogP contribution in [-0.4, -0.2) is 34.7 Å². The highest BCUT2D eigenvalue weighted by Crippen LogP contribution is 2.28. The van der Waals surface area contributed by atoms with Crippen molar-refractivity contribution >= 4 is 11.6 Å². The van der Waals surface area contributed by atoms with Crippen LogP contribution in [0.15, 0.2) is 47.4 Å². The van der Waals surface area contributed by atoms with E-state index >= 15 is 0 Å². The van der Waals surface area contributed by atoms with Crippen molar-refractivity contribution in [2.45, 2.75) is 46.2 Å². The molecule has 0 radical (unpaired) electrons. The third-order valence-electron chi connectivity index (χ3n) is 5.33. The number of pyridine rings is 1. The van der Waals surface area contributed by atoms with Gasteiger partial charge in [-0.05, 0) is 47.4 Å². The number of nitrogens with zero attached hydrogens (tertiary/aromatic N) is 6. The molecule has 31 heavy (non-hydrogen) atoms. The van der Waals surface area contributed by atoms with E-state index in [-0.39, 0.29) is 5.69 Å². The summed E-state index contributed by atoms with van der Waals surface area (Å²) in [5.74, 6) is 0.516. The molecule has 0 aliphatic rings. The van der Waals surface area contributed by atoms with Crippen LogP contribution in [0.5, 0.6) is 0 Å². The van der Waals surface area contributed by atoms with Crippen molar-refractivity contribution in [1.29, 1.82) is 0 Å². The molecule has 4 aromatic rings. The van der Waals surface area contributed by atoms with Crippen molar-refractivity contribution in [2.24, 2.45) is 0 Å². The molecule has 0 fully saturated rings. The lowest BCUT2D eigenvalue weighted by Gasteiger charge is -2.10. The Labute approximate surface area is 184 Å². The van der Waals surface area contributed by atoms with Gasteiger partial charge in [0.2, 0.25) is 0 Å². The van der Waals surface area contributed by atoms with E-state index in [1.165, 1.54) is 0 Å². The summed E-state index contributed by atoms with van der Waals surface area (Å²) in [4.78, 5) is 17.3. The third kappa shape index (κ3) is 4.16. The molecule has 0 amide bonds. The molecule has 0 aliphatic carbocycles. The molecule has 0 atom stereocenters. The Hall–Kier alpha value is -3.26. The number of nitrogens with one attached hydrogen (secondary N) is 1. The first-order chi connectivity index (χ1) is 15.1. The molecule has 0 saturated heterocycles. The topological polar surface area (TPSA) is 94.3 Å². The van der Waals surface area contributed by atoms with E-state index in [4.69, 9.17) is 11.6 Å². The Bertz CT molecular complexity index is 1210. The first-order valence-electron chi connectivity index (χ1n) is 10.4. The minimum atomic E-state index is -0.0601. The van der Waals surface area contributed by atoms with Crippen LogP contribution in [0.25, 0.3) is 22.6 Å². The van der Waals surface area contributed by atoms with Gasteiger partial charge in [0, 0.05) is 18.3 Å². The molecule has 0 saturated carbocycles. The van der Waals surface area contributed by atoms with E-state index in [9.17, 15) is 4.79 Å². The van der Waals surface area contributed by atoms with Crippen molar-refractivity contribution < 1.29 is 0 Å². The number of H-pyrrole nitrogens is 1. The van der Waals surface area contributed by atoms with Crippen LogP contribution in [0.1, 0.15) is 37.9 Å². The summed E-state index contributed by atoms with van der Waals surface area (Å²) in [6.07, 6.45) is 4.54. The zero-order valence-electron chi connectivity index (χ0n) is 17.5. The molecule has 0 aliphatic heterocycles. The molecule has 0 unspecified atom stereocenters. The molecule has 1 aromatic carbocycles. The molecule has 1 N–H and O–H groups in total. The lowest BCUT2D eigenvalue weighted by atomic mass is 10.0. The summed E-state index contributed by atoms with van der Waals surface area (Å²) in [7, 11) is 0. The molecule has 3 aromatic heterocycles. The second-order valence-corrected chi connectivity index (χ2v) is 7.66. The normalized spacial score (nSPS) is 11.2. The van der Waals surface area contributed by atoms with Gasteiger partial charge in [0.1, 0.15) is 10.8 Å². The summed E-state index contributed by atoms with van der Waals surface area (Å²) < 4.78 is 3.43. The van der Waals surface area contributed by atoms with E-state index in [0.717, 1.165) is 41.6 Å². The van der Waals surface area contributed by atoms with E-state index in [1.807, 2.05) is 43.3 Å². The number of aromatic amines is 1. The van der Waals surface area contributed by atoms with E-state index in [2.05, 4.69) is 32.5 Å². The molecule has 9 heteroatoms. The third-order valence-corrected chi connectivity index (χ3v) is 5.75. The second kappa shape index (κ2) is 9.26. The van der Waals surface area contributed by atoms with Crippen molar-refractivity contribution in [2.75, 3.05) is 0 Å². The molecule has 0 bridgehead atoms. The second-order valence-electron chi connectivity index (χ2n) is 7.30. The summed E-state index contributed by atoms with van der Waals surface area (Å²) >= 11 is 6.52. The van der Waals surface area contributed by atoms with Crippen LogP contribution in [0.3, 0.4) is 0 Å². The first kappa shape index (κ1) is 21.0. The fraction of sp³-hybridized carbons (Fsp3) is 0.318. The number of hydrogen-bond acceptors (Lipinski definition) is 5. The van der Waals surface area contributed by atoms with Crippen LogP contribution in [0, 0.1) is 0 Å². The maximum absolute atomic E-state index is 12.9. The van der Waals surface area contributed by atoms with Gasteiger partial charge in [-0.25, -0.2) is 9.89 Å². The fourth-order valence-electron chi connectivity index (χ4n) is 3.69. The van der Waals surface area contributed by atoms with Crippen molar-refractivity contribution in [3.8, 4) is 22.6 Å². The number of unbranched alkanes of at least 4 members (excludes halogenated alkanes) is 1. The highest BCUT2D eigenvalue weighted by molar-refractivity contribution is 6.30. The molecular weight excluding hydrogens is 414 g/mol. The van der Waals surface area contributed by atoms with Crippen molar-refractivity contribution in [3.63, 3.8) is 0 Å². The van der Waals surface area contributed by atoms with Gasteiger partial charge in [-0.15, -0.1) is 5.10 Å². The van der Waals surface area contributed by atoms with E-state index in [1.54, 1.807) is 15.3 Å². The minimum Gasteiger partial charge on any atom is -0.290 e. The fourth-order valence-corrected chi connectivity index (χ4v) is 4.08. The van der Waals surface area contributed by atoms with Gasteiger partial charge in [-0.1, -0.05) is 55.3 Å².